The molecule has 0 aliphatic heterocycles. The summed E-state index contributed by atoms with van der Waals surface area (Å²) in [6.07, 6.45) is 5.20. The maximum absolute atomic E-state index is 5.99. The zero-order valence-electron chi connectivity index (χ0n) is 10.2. The first-order valence-electron chi connectivity index (χ1n) is 5.65. The van der Waals surface area contributed by atoms with Crippen molar-refractivity contribution in [3.8, 4) is 0 Å². The molecule has 0 aromatic carbocycles. The molecule has 0 aliphatic rings. The number of hydrogen-bond acceptors (Lipinski definition) is 4. The Morgan fingerprint density at radius 2 is 2.06 bits per heavy atom. The highest BCUT2D eigenvalue weighted by molar-refractivity contribution is 6.31. The van der Waals surface area contributed by atoms with Crippen LogP contribution in [0.25, 0.3) is 0 Å². The van der Waals surface area contributed by atoms with E-state index in [9.17, 15) is 0 Å². The van der Waals surface area contributed by atoms with Crippen LogP contribution in [0.15, 0.2) is 36.8 Å². The van der Waals surface area contributed by atoms with E-state index in [4.69, 9.17) is 17.3 Å². The third-order valence-electron chi connectivity index (χ3n) is 2.70. The predicted molar refractivity (Wildman–Crippen MR) is 73.5 cm³/mol. The SMILES string of the molecule is CN(Cc1ccncc1)c1cc(CN)c(Cl)cn1. The smallest absolute Gasteiger partial charge is 0.128 e. The Bertz CT molecular complexity index is 516. The Kier molecular flexibility index (Phi) is 4.12. The molecule has 18 heavy (non-hydrogen) atoms. The number of pyridine rings is 2. The van der Waals surface area contributed by atoms with E-state index < -0.39 is 0 Å². The van der Waals surface area contributed by atoms with Gasteiger partial charge in [-0.15, -0.1) is 0 Å². The van der Waals surface area contributed by atoms with Crippen LogP contribution in [0.3, 0.4) is 0 Å². The molecular formula is C13H15ClN4. The predicted octanol–water partition coefficient (Wildman–Crippen LogP) is 2.23. The summed E-state index contributed by atoms with van der Waals surface area (Å²) in [5, 5.41) is 0.610. The third-order valence-corrected chi connectivity index (χ3v) is 3.04. The van der Waals surface area contributed by atoms with Crippen LogP contribution in [0.5, 0.6) is 0 Å². The lowest BCUT2D eigenvalue weighted by Crippen LogP contribution is -2.18. The molecule has 2 rings (SSSR count). The molecule has 0 saturated carbocycles. The number of anilines is 1. The molecule has 2 aromatic heterocycles. The van der Waals surface area contributed by atoms with Crippen molar-refractivity contribution >= 4 is 17.4 Å². The first-order chi connectivity index (χ1) is 8.70. The average Bonchev–Trinajstić information content (AvgIpc) is 2.40. The Morgan fingerprint density at radius 3 is 2.72 bits per heavy atom. The van der Waals surface area contributed by atoms with Crippen molar-refractivity contribution in [3.63, 3.8) is 0 Å². The fourth-order valence-corrected chi connectivity index (χ4v) is 1.86. The van der Waals surface area contributed by atoms with Crippen LogP contribution in [0.2, 0.25) is 5.02 Å². The van der Waals surface area contributed by atoms with E-state index >= 15 is 0 Å². The molecule has 0 bridgehead atoms. The monoisotopic (exact) mass is 262 g/mol. The maximum Gasteiger partial charge on any atom is 0.128 e. The molecule has 94 valence electrons. The van der Waals surface area contributed by atoms with Gasteiger partial charge in [0.1, 0.15) is 5.82 Å². The Balaban J connectivity index is 2.16. The van der Waals surface area contributed by atoms with E-state index in [2.05, 4.69) is 9.97 Å². The Labute approximate surface area is 111 Å². The second kappa shape index (κ2) is 5.80. The molecule has 2 N–H and O–H groups in total. The van der Waals surface area contributed by atoms with Gasteiger partial charge in [0.15, 0.2) is 0 Å². The molecule has 2 heterocycles. The molecule has 5 heteroatoms. The molecule has 0 atom stereocenters. The van der Waals surface area contributed by atoms with E-state index in [-0.39, 0.29) is 0 Å². The van der Waals surface area contributed by atoms with Gasteiger partial charge < -0.3 is 10.6 Å². The van der Waals surface area contributed by atoms with Crippen molar-refractivity contribution in [3.05, 3.63) is 52.9 Å². The molecule has 0 spiro atoms. The summed E-state index contributed by atoms with van der Waals surface area (Å²) in [5.41, 5.74) is 7.72. The summed E-state index contributed by atoms with van der Waals surface area (Å²) in [5.74, 6) is 0.858. The molecule has 2 aromatic rings. The first kappa shape index (κ1) is 12.8. The minimum atomic E-state index is 0.414. The molecular weight excluding hydrogens is 248 g/mol. The minimum Gasteiger partial charge on any atom is -0.355 e. The Hall–Kier alpha value is -1.65. The zero-order chi connectivity index (χ0) is 13.0. The summed E-state index contributed by atoms with van der Waals surface area (Å²) in [6.45, 7) is 1.18. The van der Waals surface area contributed by atoms with Gasteiger partial charge in [-0.1, -0.05) is 11.6 Å². The van der Waals surface area contributed by atoms with E-state index in [1.165, 1.54) is 5.56 Å². The van der Waals surface area contributed by atoms with Gasteiger partial charge in [-0.3, -0.25) is 4.98 Å². The molecule has 0 radical (unpaired) electrons. The third kappa shape index (κ3) is 2.97. The van der Waals surface area contributed by atoms with E-state index in [0.717, 1.165) is 17.9 Å². The van der Waals surface area contributed by atoms with Crippen LogP contribution >= 0.6 is 11.6 Å². The van der Waals surface area contributed by atoms with E-state index in [1.807, 2.05) is 30.1 Å². The molecule has 0 fully saturated rings. The number of rotatable bonds is 4. The second-order valence-corrected chi connectivity index (χ2v) is 4.46. The largest absolute Gasteiger partial charge is 0.355 e. The van der Waals surface area contributed by atoms with Gasteiger partial charge in [-0.2, -0.15) is 0 Å². The highest BCUT2D eigenvalue weighted by Crippen LogP contribution is 2.20. The molecule has 4 nitrogen and oxygen atoms in total. The summed E-state index contributed by atoms with van der Waals surface area (Å²) in [4.78, 5) is 10.3. The van der Waals surface area contributed by atoms with Gasteiger partial charge in [0.25, 0.3) is 0 Å². The van der Waals surface area contributed by atoms with Crippen molar-refractivity contribution in [2.24, 2.45) is 5.73 Å². The lowest BCUT2D eigenvalue weighted by molar-refractivity contribution is 0.890. The van der Waals surface area contributed by atoms with Crippen molar-refractivity contribution in [1.29, 1.82) is 0 Å². The average molecular weight is 263 g/mol. The van der Waals surface area contributed by atoms with Crippen LogP contribution in [0.4, 0.5) is 5.82 Å². The van der Waals surface area contributed by atoms with Crippen LogP contribution < -0.4 is 10.6 Å². The van der Waals surface area contributed by atoms with Crippen LogP contribution in [0, 0.1) is 0 Å². The number of nitrogens with two attached hydrogens (primary N) is 1. The van der Waals surface area contributed by atoms with Gasteiger partial charge in [-0.25, -0.2) is 4.98 Å². The van der Waals surface area contributed by atoms with Crippen molar-refractivity contribution in [2.75, 3.05) is 11.9 Å². The van der Waals surface area contributed by atoms with Crippen LogP contribution in [-0.2, 0) is 13.1 Å². The molecule has 0 aliphatic carbocycles. The summed E-state index contributed by atoms with van der Waals surface area (Å²) >= 11 is 5.99. The number of nitrogens with zero attached hydrogens (tertiary/aromatic N) is 3. The first-order valence-corrected chi connectivity index (χ1v) is 6.03. The summed E-state index contributed by atoms with van der Waals surface area (Å²) in [6, 6.07) is 5.88. The molecule has 0 saturated heterocycles. The van der Waals surface area contributed by atoms with Gasteiger partial charge in [0.05, 0.1) is 5.02 Å². The van der Waals surface area contributed by atoms with Gasteiger partial charge in [-0.05, 0) is 29.3 Å². The van der Waals surface area contributed by atoms with Crippen molar-refractivity contribution in [1.82, 2.24) is 9.97 Å². The highest BCUT2D eigenvalue weighted by Gasteiger charge is 2.06. The normalized spacial score (nSPS) is 10.4. The topological polar surface area (TPSA) is 55.0 Å². The van der Waals surface area contributed by atoms with Gasteiger partial charge >= 0.3 is 0 Å². The Morgan fingerprint density at radius 1 is 1.33 bits per heavy atom. The molecule has 0 amide bonds. The molecule has 0 unspecified atom stereocenters. The van der Waals surface area contributed by atoms with Gasteiger partial charge in [0.2, 0.25) is 0 Å². The van der Waals surface area contributed by atoms with Gasteiger partial charge in [0, 0.05) is 38.7 Å². The summed E-state index contributed by atoms with van der Waals surface area (Å²) in [7, 11) is 1.98. The highest BCUT2D eigenvalue weighted by atomic mass is 35.5. The lowest BCUT2D eigenvalue weighted by Gasteiger charge is -2.19. The van der Waals surface area contributed by atoms with Crippen molar-refractivity contribution in [2.45, 2.75) is 13.1 Å². The van der Waals surface area contributed by atoms with E-state index in [1.54, 1.807) is 18.6 Å². The number of halogens is 1. The minimum absolute atomic E-state index is 0.414. The second-order valence-electron chi connectivity index (χ2n) is 4.05. The fourth-order valence-electron chi connectivity index (χ4n) is 1.68. The van der Waals surface area contributed by atoms with E-state index in [0.29, 0.717) is 11.6 Å². The number of hydrogen-bond donors (Lipinski definition) is 1. The summed E-state index contributed by atoms with van der Waals surface area (Å²) < 4.78 is 0. The standard InChI is InChI=1S/C13H15ClN4/c1-18(9-10-2-4-16-5-3-10)13-6-11(7-15)12(14)8-17-13/h2-6,8H,7,9,15H2,1H3. The van der Waals surface area contributed by atoms with Crippen LogP contribution in [-0.4, -0.2) is 17.0 Å². The zero-order valence-corrected chi connectivity index (χ0v) is 10.9. The number of aromatic nitrogens is 2. The van der Waals surface area contributed by atoms with Crippen molar-refractivity contribution < 1.29 is 0 Å². The maximum atomic E-state index is 5.99. The lowest BCUT2D eigenvalue weighted by atomic mass is 10.2. The fraction of sp³-hybridized carbons (Fsp3) is 0.231. The quantitative estimate of drug-likeness (QED) is 0.918. The van der Waals surface area contributed by atoms with Crippen LogP contribution in [0.1, 0.15) is 11.1 Å².